The highest BCUT2D eigenvalue weighted by Gasteiger charge is 1.99. The number of anilines is 1. The molecular weight excluding hydrogens is 244 g/mol. The molecule has 0 aromatic carbocycles. The Kier molecular flexibility index (Phi) is 10.4. The molecule has 2 N–H and O–H groups in total. The number of hydrogen-bond acceptors (Lipinski definition) is 5. The van der Waals surface area contributed by atoms with Crippen LogP contribution in [-0.2, 0) is 9.53 Å². The maximum Gasteiger partial charge on any atom is 0.246 e. The summed E-state index contributed by atoms with van der Waals surface area (Å²) >= 11 is 0. The Labute approximate surface area is 115 Å². The van der Waals surface area contributed by atoms with Crippen LogP contribution in [0.1, 0.15) is 26.0 Å². The maximum atomic E-state index is 11.0. The minimum atomic E-state index is -0.130. The second-order valence-corrected chi connectivity index (χ2v) is 3.94. The van der Waals surface area contributed by atoms with Gasteiger partial charge in [0.05, 0.1) is 0 Å². The first-order chi connectivity index (χ1) is 9.13. The molecule has 1 heterocycles. The lowest BCUT2D eigenvalue weighted by Gasteiger charge is -2.06. The van der Waals surface area contributed by atoms with E-state index >= 15 is 0 Å². The minimum Gasteiger partial charge on any atom is -0.375 e. The fourth-order valence-corrected chi connectivity index (χ4v) is 1.09. The first kappa shape index (κ1) is 17.3. The minimum absolute atomic E-state index is 0.0843. The largest absolute Gasteiger partial charge is 0.375 e. The van der Waals surface area contributed by atoms with E-state index in [1.807, 2.05) is 13.0 Å². The SMILES string of the molecule is CCC.COCC(=O)NCCNc1nccc(C)n1. The molecule has 0 aliphatic heterocycles. The number of nitrogens with zero attached hydrogens (tertiary/aromatic N) is 2. The van der Waals surface area contributed by atoms with Gasteiger partial charge >= 0.3 is 0 Å². The number of nitrogens with one attached hydrogen (secondary N) is 2. The van der Waals surface area contributed by atoms with Crippen molar-refractivity contribution in [2.75, 3.05) is 32.1 Å². The summed E-state index contributed by atoms with van der Waals surface area (Å²) in [6.45, 7) is 7.33. The standard InChI is InChI=1S/C10H16N4O2.C3H8/c1-8-3-4-12-10(14-8)13-6-5-11-9(15)7-16-2;1-3-2/h3-4H,5-7H2,1-2H3,(H,11,15)(H,12,13,14);3H2,1-2H3. The molecular formula is C13H24N4O2. The predicted octanol–water partition coefficient (Wildman–Crippen LogP) is 1.38. The van der Waals surface area contributed by atoms with E-state index in [1.54, 1.807) is 6.20 Å². The maximum absolute atomic E-state index is 11.0. The van der Waals surface area contributed by atoms with Crippen molar-refractivity contribution in [2.45, 2.75) is 27.2 Å². The van der Waals surface area contributed by atoms with Crippen LogP contribution in [0.5, 0.6) is 0 Å². The van der Waals surface area contributed by atoms with Crippen molar-refractivity contribution in [3.8, 4) is 0 Å². The van der Waals surface area contributed by atoms with E-state index in [2.05, 4.69) is 39.2 Å². The third-order valence-electron chi connectivity index (χ3n) is 1.80. The van der Waals surface area contributed by atoms with E-state index in [9.17, 15) is 4.79 Å². The molecule has 0 bridgehead atoms. The fourth-order valence-electron chi connectivity index (χ4n) is 1.09. The Bertz CT molecular complexity index is 358. The third kappa shape index (κ3) is 9.96. The summed E-state index contributed by atoms with van der Waals surface area (Å²) in [6, 6.07) is 1.82. The Morgan fingerprint density at radius 2 is 2.05 bits per heavy atom. The molecule has 6 nitrogen and oxygen atoms in total. The first-order valence-corrected chi connectivity index (χ1v) is 6.43. The van der Waals surface area contributed by atoms with Gasteiger partial charge in [-0.15, -0.1) is 0 Å². The average molecular weight is 268 g/mol. The van der Waals surface area contributed by atoms with E-state index in [-0.39, 0.29) is 12.5 Å². The summed E-state index contributed by atoms with van der Waals surface area (Å²) in [7, 11) is 1.48. The Balaban J connectivity index is 0.000000982. The molecule has 0 aliphatic carbocycles. The number of ether oxygens (including phenoxy) is 1. The van der Waals surface area contributed by atoms with Crippen molar-refractivity contribution in [1.29, 1.82) is 0 Å². The van der Waals surface area contributed by atoms with Crippen LogP contribution in [-0.4, -0.2) is 42.7 Å². The number of carbonyl (C=O) groups is 1. The zero-order valence-electron chi connectivity index (χ0n) is 12.2. The molecule has 1 rings (SSSR count). The fraction of sp³-hybridized carbons (Fsp3) is 0.615. The van der Waals surface area contributed by atoms with Crippen LogP contribution in [0.4, 0.5) is 5.95 Å². The summed E-state index contributed by atoms with van der Waals surface area (Å²) in [5, 5.41) is 5.69. The molecule has 0 unspecified atom stereocenters. The molecule has 1 aromatic rings. The van der Waals surface area contributed by atoms with Crippen LogP contribution in [0.15, 0.2) is 12.3 Å². The highest BCUT2D eigenvalue weighted by molar-refractivity contribution is 5.77. The van der Waals surface area contributed by atoms with E-state index in [4.69, 9.17) is 0 Å². The van der Waals surface area contributed by atoms with Gasteiger partial charge in [0.1, 0.15) is 6.61 Å². The molecule has 19 heavy (non-hydrogen) atoms. The van der Waals surface area contributed by atoms with Crippen LogP contribution in [0.3, 0.4) is 0 Å². The lowest BCUT2D eigenvalue weighted by Crippen LogP contribution is -2.31. The molecule has 0 fully saturated rings. The van der Waals surface area contributed by atoms with Crippen molar-refractivity contribution in [1.82, 2.24) is 15.3 Å². The molecule has 0 saturated heterocycles. The van der Waals surface area contributed by atoms with Gasteiger partial charge in [0.2, 0.25) is 11.9 Å². The molecule has 1 amide bonds. The number of rotatable bonds is 6. The number of amides is 1. The van der Waals surface area contributed by atoms with Gasteiger partial charge in [-0.2, -0.15) is 0 Å². The Hall–Kier alpha value is -1.69. The topological polar surface area (TPSA) is 76.1 Å². The molecule has 0 saturated carbocycles. The van der Waals surface area contributed by atoms with Crippen LogP contribution in [0.2, 0.25) is 0 Å². The van der Waals surface area contributed by atoms with Crippen LogP contribution < -0.4 is 10.6 Å². The summed E-state index contributed by atoms with van der Waals surface area (Å²) in [5.74, 6) is 0.440. The van der Waals surface area contributed by atoms with E-state index in [1.165, 1.54) is 13.5 Å². The second kappa shape index (κ2) is 11.4. The number of methoxy groups -OCH3 is 1. The quantitative estimate of drug-likeness (QED) is 0.762. The van der Waals surface area contributed by atoms with Crippen LogP contribution >= 0.6 is 0 Å². The van der Waals surface area contributed by atoms with E-state index in [0.29, 0.717) is 19.0 Å². The van der Waals surface area contributed by atoms with Gasteiger partial charge in [0.25, 0.3) is 0 Å². The highest BCUT2D eigenvalue weighted by atomic mass is 16.5. The van der Waals surface area contributed by atoms with Crippen molar-refractivity contribution in [3.05, 3.63) is 18.0 Å². The van der Waals surface area contributed by atoms with Gasteiger partial charge in [-0.05, 0) is 13.0 Å². The van der Waals surface area contributed by atoms with Crippen molar-refractivity contribution < 1.29 is 9.53 Å². The Morgan fingerprint density at radius 1 is 1.37 bits per heavy atom. The van der Waals surface area contributed by atoms with Gasteiger partial charge < -0.3 is 15.4 Å². The van der Waals surface area contributed by atoms with Gasteiger partial charge in [0, 0.05) is 32.1 Å². The highest BCUT2D eigenvalue weighted by Crippen LogP contribution is 1.97. The van der Waals surface area contributed by atoms with Crippen molar-refractivity contribution in [3.63, 3.8) is 0 Å². The number of carbonyl (C=O) groups excluding carboxylic acids is 1. The molecule has 0 spiro atoms. The van der Waals surface area contributed by atoms with Crippen molar-refractivity contribution in [2.24, 2.45) is 0 Å². The lowest BCUT2D eigenvalue weighted by atomic mass is 10.5. The molecule has 0 radical (unpaired) electrons. The third-order valence-corrected chi connectivity index (χ3v) is 1.80. The van der Waals surface area contributed by atoms with Gasteiger partial charge in [-0.25, -0.2) is 9.97 Å². The number of aryl methyl sites for hydroxylation is 1. The van der Waals surface area contributed by atoms with Crippen LogP contribution in [0, 0.1) is 6.92 Å². The van der Waals surface area contributed by atoms with Gasteiger partial charge in [-0.1, -0.05) is 20.3 Å². The van der Waals surface area contributed by atoms with Crippen molar-refractivity contribution >= 4 is 11.9 Å². The summed E-state index contributed by atoms with van der Waals surface area (Å²) in [4.78, 5) is 19.2. The second-order valence-electron chi connectivity index (χ2n) is 3.94. The number of hydrogen-bond donors (Lipinski definition) is 2. The summed E-state index contributed by atoms with van der Waals surface area (Å²) < 4.78 is 4.68. The monoisotopic (exact) mass is 268 g/mol. The molecule has 0 atom stereocenters. The number of aromatic nitrogens is 2. The van der Waals surface area contributed by atoms with Gasteiger partial charge in [0.15, 0.2) is 0 Å². The van der Waals surface area contributed by atoms with Gasteiger partial charge in [-0.3, -0.25) is 4.79 Å². The van der Waals surface area contributed by atoms with E-state index < -0.39 is 0 Å². The van der Waals surface area contributed by atoms with Crippen LogP contribution in [0.25, 0.3) is 0 Å². The van der Waals surface area contributed by atoms with E-state index in [0.717, 1.165) is 5.69 Å². The zero-order valence-corrected chi connectivity index (χ0v) is 12.2. The zero-order chi connectivity index (χ0) is 14.5. The normalized spacial score (nSPS) is 9.26. The summed E-state index contributed by atoms with van der Waals surface area (Å²) in [5.41, 5.74) is 0.904. The molecule has 1 aromatic heterocycles. The predicted molar refractivity (Wildman–Crippen MR) is 76.1 cm³/mol. The molecule has 6 heteroatoms. The molecule has 108 valence electrons. The average Bonchev–Trinajstić information content (AvgIpc) is 2.36. The molecule has 0 aliphatic rings. The lowest BCUT2D eigenvalue weighted by molar-refractivity contribution is -0.124. The Morgan fingerprint density at radius 3 is 2.63 bits per heavy atom. The smallest absolute Gasteiger partial charge is 0.246 e. The first-order valence-electron chi connectivity index (χ1n) is 6.43. The summed E-state index contributed by atoms with van der Waals surface area (Å²) in [6.07, 6.45) is 2.94.